The monoisotopic (exact) mass is 336 g/mol. The Bertz CT molecular complexity index is 826. The highest BCUT2D eigenvalue weighted by atomic mass is 16.5. The molecule has 1 aliphatic rings. The van der Waals surface area contributed by atoms with Crippen LogP contribution in [-0.4, -0.2) is 73.4 Å². The molecule has 2 aromatic rings. The maximum absolute atomic E-state index is 11.9. The molecule has 3 heterocycles. The number of aromatic nitrogens is 4. The van der Waals surface area contributed by atoms with Gasteiger partial charge in [0.2, 0.25) is 0 Å². The molecule has 0 saturated carbocycles. The number of hydrogen-bond acceptors (Lipinski definition) is 7. The Labute approximate surface area is 137 Å². The second kappa shape index (κ2) is 6.30. The van der Waals surface area contributed by atoms with Crippen molar-refractivity contribution in [1.29, 1.82) is 0 Å². The van der Waals surface area contributed by atoms with E-state index >= 15 is 0 Å². The van der Waals surface area contributed by atoms with E-state index in [1.807, 2.05) is 25.9 Å². The van der Waals surface area contributed by atoms with E-state index in [1.165, 1.54) is 6.33 Å². The third-order valence-corrected chi connectivity index (χ3v) is 4.04. The smallest absolute Gasteiger partial charge is 0.348 e. The van der Waals surface area contributed by atoms with Crippen molar-refractivity contribution < 1.29 is 14.9 Å². The molecule has 0 aromatic carbocycles. The maximum Gasteiger partial charge on any atom is 0.348 e. The van der Waals surface area contributed by atoms with Crippen LogP contribution in [0, 0.1) is 0 Å². The van der Waals surface area contributed by atoms with Gasteiger partial charge in [0, 0.05) is 20.5 Å². The zero-order valence-electron chi connectivity index (χ0n) is 13.7. The van der Waals surface area contributed by atoms with Crippen LogP contribution in [0.2, 0.25) is 0 Å². The fourth-order valence-corrected chi connectivity index (χ4v) is 2.52. The highest BCUT2D eigenvalue weighted by Crippen LogP contribution is 2.31. The number of aliphatic imine (C=N–C) groups is 1. The van der Waals surface area contributed by atoms with Gasteiger partial charge in [0.05, 0.1) is 19.0 Å². The van der Waals surface area contributed by atoms with Crippen molar-refractivity contribution in [3.05, 3.63) is 16.8 Å². The van der Waals surface area contributed by atoms with Crippen LogP contribution in [0.3, 0.4) is 0 Å². The molecule has 1 saturated heterocycles. The minimum atomic E-state index is -0.784. The van der Waals surface area contributed by atoms with E-state index in [9.17, 15) is 15.0 Å². The number of rotatable bonds is 3. The number of aromatic amines is 1. The van der Waals surface area contributed by atoms with Gasteiger partial charge in [-0.15, -0.1) is 0 Å². The fraction of sp³-hybridized carbons (Fsp3) is 0.571. The number of nitrogens with one attached hydrogen (secondary N) is 1. The van der Waals surface area contributed by atoms with Gasteiger partial charge >= 0.3 is 5.69 Å². The Morgan fingerprint density at radius 3 is 2.96 bits per heavy atom. The molecule has 0 bridgehead atoms. The highest BCUT2D eigenvalue weighted by molar-refractivity contribution is 5.88. The molecule has 0 unspecified atom stereocenters. The summed E-state index contributed by atoms with van der Waals surface area (Å²) in [5, 5.41) is 19.1. The maximum atomic E-state index is 11.9. The molecule has 1 fully saturated rings. The van der Waals surface area contributed by atoms with Gasteiger partial charge in [0.1, 0.15) is 18.2 Å². The third-order valence-electron chi connectivity index (χ3n) is 4.04. The molecule has 3 atom stereocenters. The number of aliphatic hydroxyl groups is 2. The zero-order valence-corrected chi connectivity index (χ0v) is 13.7. The first-order chi connectivity index (χ1) is 11.4. The summed E-state index contributed by atoms with van der Waals surface area (Å²) in [4.78, 5) is 28.9. The van der Waals surface area contributed by atoms with Gasteiger partial charge in [0.25, 0.3) is 0 Å². The molecule has 2 aromatic heterocycles. The summed E-state index contributed by atoms with van der Waals surface area (Å²) in [6.07, 6.45) is -0.230. The number of H-pyrrole nitrogens is 1. The minimum absolute atomic E-state index is 0.278. The Morgan fingerprint density at radius 2 is 2.33 bits per heavy atom. The molecule has 0 spiro atoms. The molecule has 24 heavy (non-hydrogen) atoms. The third kappa shape index (κ3) is 2.90. The van der Waals surface area contributed by atoms with Crippen LogP contribution in [-0.2, 0) is 4.74 Å². The van der Waals surface area contributed by atoms with Crippen LogP contribution in [0.4, 0.5) is 5.82 Å². The van der Waals surface area contributed by atoms with E-state index in [-0.39, 0.29) is 13.0 Å². The second-order valence-corrected chi connectivity index (χ2v) is 5.88. The Morgan fingerprint density at radius 1 is 1.58 bits per heavy atom. The molecule has 10 heteroatoms. The van der Waals surface area contributed by atoms with Gasteiger partial charge in [-0.1, -0.05) is 0 Å². The molecule has 3 rings (SSSR count). The summed E-state index contributed by atoms with van der Waals surface area (Å²) >= 11 is 0. The van der Waals surface area contributed by atoms with E-state index in [4.69, 9.17) is 4.74 Å². The van der Waals surface area contributed by atoms with Crippen LogP contribution in [0.5, 0.6) is 0 Å². The predicted molar refractivity (Wildman–Crippen MR) is 86.2 cm³/mol. The summed E-state index contributed by atoms with van der Waals surface area (Å²) in [5.41, 5.74) is 0.202. The lowest BCUT2D eigenvalue weighted by Gasteiger charge is -2.13. The average molecular weight is 336 g/mol. The summed E-state index contributed by atoms with van der Waals surface area (Å²) in [5.74, 6) is 1.01. The number of nitrogens with zero attached hydrogens (tertiary/aromatic N) is 5. The molecule has 0 aliphatic carbocycles. The first-order valence-electron chi connectivity index (χ1n) is 7.54. The largest absolute Gasteiger partial charge is 0.394 e. The Kier molecular flexibility index (Phi) is 4.35. The number of fused-ring (bicyclic) bond motifs is 1. The average Bonchev–Trinajstić information content (AvgIpc) is 3.10. The molecular formula is C14H20N6O4. The highest BCUT2D eigenvalue weighted by Gasteiger charge is 2.35. The Balaban J connectivity index is 2.06. The van der Waals surface area contributed by atoms with Gasteiger partial charge < -0.3 is 19.8 Å². The van der Waals surface area contributed by atoms with Crippen LogP contribution in [0.15, 0.2) is 16.1 Å². The zero-order chi connectivity index (χ0) is 17.4. The SMILES string of the molecule is CC(=Nc1[nH]c(=O)nc2c1ncn2[C@H]1C[C@H](O)[C@@H](CO)O1)N(C)C. The lowest BCUT2D eigenvalue weighted by Crippen LogP contribution is -2.24. The Hall–Kier alpha value is -2.30. The van der Waals surface area contributed by atoms with Crippen molar-refractivity contribution >= 4 is 22.8 Å². The van der Waals surface area contributed by atoms with E-state index in [0.717, 1.165) is 0 Å². The molecular weight excluding hydrogens is 316 g/mol. The van der Waals surface area contributed by atoms with E-state index in [0.29, 0.717) is 22.8 Å². The van der Waals surface area contributed by atoms with Crippen molar-refractivity contribution in [3.8, 4) is 0 Å². The van der Waals surface area contributed by atoms with Gasteiger partial charge in [-0.2, -0.15) is 4.98 Å². The van der Waals surface area contributed by atoms with Crippen molar-refractivity contribution in [2.24, 2.45) is 4.99 Å². The summed E-state index contributed by atoms with van der Waals surface area (Å²) < 4.78 is 7.18. The number of aliphatic hydroxyl groups excluding tert-OH is 2. The normalized spacial score (nSPS) is 24.7. The molecule has 10 nitrogen and oxygen atoms in total. The standard InChI is InChI=1S/C14H20N6O4/c1-7(19(2)3)16-12-11-13(18-14(23)17-12)20(6-15-11)10-4-8(22)9(5-21)24-10/h6,8-10,21-22H,4-5H2,1-3H3,(H,17,18,23)/t8-,9+,10+/m0/s1. The summed E-state index contributed by atoms with van der Waals surface area (Å²) in [6.45, 7) is 1.53. The van der Waals surface area contributed by atoms with Gasteiger partial charge in [0.15, 0.2) is 17.0 Å². The lowest BCUT2D eigenvalue weighted by atomic mass is 10.2. The summed E-state index contributed by atoms with van der Waals surface area (Å²) in [6, 6.07) is 0. The van der Waals surface area contributed by atoms with Crippen LogP contribution < -0.4 is 5.69 Å². The molecule has 0 amide bonds. The number of imidazole rings is 1. The van der Waals surface area contributed by atoms with Crippen molar-refractivity contribution in [2.75, 3.05) is 20.7 Å². The van der Waals surface area contributed by atoms with E-state index in [1.54, 1.807) is 4.57 Å². The van der Waals surface area contributed by atoms with Crippen LogP contribution in [0.1, 0.15) is 19.6 Å². The number of amidine groups is 1. The predicted octanol–water partition coefficient (Wildman–Crippen LogP) is -0.628. The minimum Gasteiger partial charge on any atom is -0.394 e. The topological polar surface area (TPSA) is 129 Å². The first-order valence-corrected chi connectivity index (χ1v) is 7.54. The quantitative estimate of drug-likeness (QED) is 0.503. The van der Waals surface area contributed by atoms with Crippen molar-refractivity contribution in [3.63, 3.8) is 0 Å². The van der Waals surface area contributed by atoms with Gasteiger partial charge in [-0.05, 0) is 6.92 Å². The van der Waals surface area contributed by atoms with Crippen molar-refractivity contribution in [2.45, 2.75) is 31.8 Å². The van der Waals surface area contributed by atoms with Crippen molar-refractivity contribution in [1.82, 2.24) is 24.4 Å². The van der Waals surface area contributed by atoms with Gasteiger partial charge in [-0.25, -0.2) is 14.8 Å². The fourth-order valence-electron chi connectivity index (χ4n) is 2.52. The molecule has 0 radical (unpaired) electrons. The van der Waals surface area contributed by atoms with E-state index < -0.39 is 24.1 Å². The number of hydrogen-bond donors (Lipinski definition) is 3. The second-order valence-electron chi connectivity index (χ2n) is 5.88. The van der Waals surface area contributed by atoms with Crippen LogP contribution >= 0.6 is 0 Å². The summed E-state index contributed by atoms with van der Waals surface area (Å²) in [7, 11) is 3.69. The van der Waals surface area contributed by atoms with Gasteiger partial charge in [-0.3, -0.25) is 9.55 Å². The first kappa shape index (κ1) is 16.6. The van der Waals surface area contributed by atoms with Crippen LogP contribution in [0.25, 0.3) is 11.2 Å². The molecule has 130 valence electrons. The van der Waals surface area contributed by atoms with E-state index in [2.05, 4.69) is 19.9 Å². The number of ether oxygens (including phenoxy) is 1. The molecule has 1 aliphatic heterocycles. The lowest BCUT2D eigenvalue weighted by molar-refractivity contribution is -0.0432. The molecule has 3 N–H and O–H groups in total.